The average molecular weight is 399 g/mol. The summed E-state index contributed by atoms with van der Waals surface area (Å²) >= 11 is 6.00. The number of ether oxygens (including phenoxy) is 1. The molecule has 0 saturated carbocycles. The molecule has 2 aromatic carbocycles. The van der Waals surface area contributed by atoms with Gasteiger partial charge in [-0.3, -0.25) is 10.1 Å². The van der Waals surface area contributed by atoms with Crippen LogP contribution in [0.5, 0.6) is 5.75 Å². The maximum atomic E-state index is 11.3. The molecule has 6 heteroatoms. The van der Waals surface area contributed by atoms with E-state index < -0.39 is 4.92 Å². The molecule has 2 aliphatic rings. The maximum Gasteiger partial charge on any atom is 0.288 e. The molecule has 4 rings (SSSR count). The minimum absolute atomic E-state index is 0.00944. The Bertz CT molecular complexity index is 943. The van der Waals surface area contributed by atoms with Crippen LogP contribution in [-0.4, -0.2) is 11.0 Å². The summed E-state index contributed by atoms with van der Waals surface area (Å²) in [6.45, 7) is 4.18. The summed E-state index contributed by atoms with van der Waals surface area (Å²) in [5.41, 5.74) is 3.11. The molecule has 0 spiro atoms. The van der Waals surface area contributed by atoms with E-state index in [9.17, 15) is 10.1 Å². The SMILES string of the molecule is CCC(C)Oc1ccc2c(c1)C1C=CCC1C(c1ccc(Cl)c([N+](=O)[O-])c1)N2. The highest BCUT2D eigenvalue weighted by Crippen LogP contribution is 2.51. The highest BCUT2D eigenvalue weighted by atomic mass is 35.5. The van der Waals surface area contributed by atoms with Gasteiger partial charge in [-0.2, -0.15) is 0 Å². The number of benzene rings is 2. The Hall–Kier alpha value is -2.53. The lowest BCUT2D eigenvalue weighted by Crippen LogP contribution is -2.29. The summed E-state index contributed by atoms with van der Waals surface area (Å²) < 4.78 is 6.00. The van der Waals surface area contributed by atoms with Gasteiger partial charge >= 0.3 is 0 Å². The molecule has 1 aliphatic heterocycles. The van der Waals surface area contributed by atoms with Crippen molar-refractivity contribution in [2.24, 2.45) is 5.92 Å². The first-order valence-corrected chi connectivity index (χ1v) is 10.0. The second-order valence-corrected chi connectivity index (χ2v) is 7.94. The third-order valence-corrected chi connectivity index (χ3v) is 6.09. The van der Waals surface area contributed by atoms with E-state index in [0.717, 1.165) is 29.8 Å². The number of hydrogen-bond acceptors (Lipinski definition) is 4. The van der Waals surface area contributed by atoms with Crippen LogP contribution < -0.4 is 10.1 Å². The van der Waals surface area contributed by atoms with E-state index in [-0.39, 0.29) is 28.8 Å². The van der Waals surface area contributed by atoms with Crippen LogP contribution in [0.1, 0.15) is 49.8 Å². The summed E-state index contributed by atoms with van der Waals surface area (Å²) in [5, 5.41) is 15.1. The van der Waals surface area contributed by atoms with Crippen LogP contribution in [0.4, 0.5) is 11.4 Å². The van der Waals surface area contributed by atoms with Crippen molar-refractivity contribution in [1.29, 1.82) is 0 Å². The predicted molar refractivity (Wildman–Crippen MR) is 111 cm³/mol. The lowest BCUT2D eigenvalue weighted by Gasteiger charge is -2.37. The molecule has 4 unspecified atom stereocenters. The van der Waals surface area contributed by atoms with Crippen LogP contribution in [0, 0.1) is 16.0 Å². The summed E-state index contributed by atoms with van der Waals surface area (Å²) in [4.78, 5) is 10.9. The molecular weight excluding hydrogens is 376 g/mol. The standard InChI is InChI=1S/C22H23ClN2O3/c1-3-13(2)28-15-8-10-20-18(12-15)16-5-4-6-17(16)22(24-20)14-7-9-19(23)21(11-14)25(26)27/h4-5,7-13,16-17,22,24H,3,6H2,1-2H3. The fourth-order valence-corrected chi connectivity index (χ4v) is 4.34. The number of hydrogen-bond donors (Lipinski definition) is 1. The van der Waals surface area contributed by atoms with Gasteiger partial charge in [-0.05, 0) is 61.1 Å². The van der Waals surface area contributed by atoms with Crippen molar-refractivity contribution in [2.45, 2.75) is 44.8 Å². The van der Waals surface area contributed by atoms with E-state index >= 15 is 0 Å². The molecule has 0 saturated heterocycles. The summed E-state index contributed by atoms with van der Waals surface area (Å²) in [7, 11) is 0. The number of nitro groups is 1. The van der Waals surface area contributed by atoms with Gasteiger partial charge in [0.05, 0.1) is 17.1 Å². The molecule has 1 N–H and O–H groups in total. The zero-order chi connectivity index (χ0) is 19.8. The Morgan fingerprint density at radius 1 is 1.32 bits per heavy atom. The molecule has 0 radical (unpaired) electrons. The van der Waals surface area contributed by atoms with Gasteiger partial charge in [0, 0.05) is 17.7 Å². The Morgan fingerprint density at radius 2 is 2.14 bits per heavy atom. The number of allylic oxidation sites excluding steroid dienone is 2. The van der Waals surface area contributed by atoms with Crippen LogP contribution in [0.25, 0.3) is 0 Å². The van der Waals surface area contributed by atoms with Crippen molar-refractivity contribution < 1.29 is 9.66 Å². The molecule has 0 aromatic heterocycles. The minimum atomic E-state index is -0.425. The predicted octanol–water partition coefficient (Wildman–Crippen LogP) is 6.25. The largest absolute Gasteiger partial charge is 0.491 e. The van der Waals surface area contributed by atoms with E-state index in [1.807, 2.05) is 18.2 Å². The Labute approximate surface area is 169 Å². The fraction of sp³-hybridized carbons (Fsp3) is 0.364. The first-order valence-electron chi connectivity index (χ1n) is 9.65. The summed E-state index contributed by atoms with van der Waals surface area (Å²) in [6, 6.07) is 11.2. The van der Waals surface area contributed by atoms with Crippen molar-refractivity contribution in [2.75, 3.05) is 5.32 Å². The van der Waals surface area contributed by atoms with Gasteiger partial charge in [-0.25, -0.2) is 0 Å². The molecule has 0 bridgehead atoms. The fourth-order valence-electron chi connectivity index (χ4n) is 4.15. The number of anilines is 1. The topological polar surface area (TPSA) is 64.4 Å². The van der Waals surface area contributed by atoms with Crippen LogP contribution >= 0.6 is 11.6 Å². The van der Waals surface area contributed by atoms with Crippen molar-refractivity contribution in [3.63, 3.8) is 0 Å². The van der Waals surface area contributed by atoms with Crippen LogP contribution in [0.15, 0.2) is 48.6 Å². The molecule has 2 aromatic rings. The third kappa shape index (κ3) is 3.35. The smallest absolute Gasteiger partial charge is 0.288 e. The number of halogens is 1. The van der Waals surface area contributed by atoms with Gasteiger partial charge in [0.15, 0.2) is 0 Å². The van der Waals surface area contributed by atoms with Crippen LogP contribution in [0.2, 0.25) is 5.02 Å². The third-order valence-electron chi connectivity index (χ3n) is 5.77. The first-order chi connectivity index (χ1) is 13.5. The molecule has 0 fully saturated rings. The number of fused-ring (bicyclic) bond motifs is 3. The molecule has 1 aliphatic carbocycles. The summed E-state index contributed by atoms with van der Waals surface area (Å²) in [6.07, 6.45) is 6.50. The zero-order valence-electron chi connectivity index (χ0n) is 15.9. The van der Waals surface area contributed by atoms with Gasteiger partial charge in [-0.15, -0.1) is 0 Å². The van der Waals surface area contributed by atoms with Gasteiger partial charge < -0.3 is 10.1 Å². The van der Waals surface area contributed by atoms with E-state index in [0.29, 0.717) is 5.92 Å². The lowest BCUT2D eigenvalue weighted by atomic mass is 9.77. The second kappa shape index (κ2) is 7.47. The Kier molecular flexibility index (Phi) is 5.02. The highest BCUT2D eigenvalue weighted by molar-refractivity contribution is 6.32. The maximum absolute atomic E-state index is 11.3. The normalized spacial score (nSPS) is 23.5. The zero-order valence-corrected chi connectivity index (χ0v) is 16.6. The van der Waals surface area contributed by atoms with Gasteiger partial charge in [0.2, 0.25) is 0 Å². The number of nitrogens with one attached hydrogen (secondary N) is 1. The number of nitro benzene ring substituents is 1. The molecule has 28 heavy (non-hydrogen) atoms. The van der Waals surface area contributed by atoms with Crippen molar-refractivity contribution in [3.05, 3.63) is 74.8 Å². The van der Waals surface area contributed by atoms with E-state index in [2.05, 4.69) is 37.4 Å². The van der Waals surface area contributed by atoms with E-state index in [1.54, 1.807) is 12.1 Å². The molecule has 146 valence electrons. The first kappa shape index (κ1) is 18.8. The Balaban J connectivity index is 1.70. The van der Waals surface area contributed by atoms with Crippen molar-refractivity contribution >= 4 is 23.0 Å². The molecular formula is C22H23ClN2O3. The molecule has 1 heterocycles. The van der Waals surface area contributed by atoms with Crippen LogP contribution in [0.3, 0.4) is 0 Å². The van der Waals surface area contributed by atoms with E-state index in [1.165, 1.54) is 5.56 Å². The van der Waals surface area contributed by atoms with Gasteiger partial charge in [0.1, 0.15) is 10.8 Å². The molecule has 5 nitrogen and oxygen atoms in total. The van der Waals surface area contributed by atoms with Crippen LogP contribution in [-0.2, 0) is 0 Å². The minimum Gasteiger partial charge on any atom is -0.491 e. The summed E-state index contributed by atoms with van der Waals surface area (Å²) in [5.74, 6) is 1.44. The lowest BCUT2D eigenvalue weighted by molar-refractivity contribution is -0.384. The Morgan fingerprint density at radius 3 is 2.89 bits per heavy atom. The second-order valence-electron chi connectivity index (χ2n) is 7.53. The molecule has 0 amide bonds. The van der Waals surface area contributed by atoms with Gasteiger partial charge in [-0.1, -0.05) is 36.7 Å². The van der Waals surface area contributed by atoms with Gasteiger partial charge in [0.25, 0.3) is 5.69 Å². The van der Waals surface area contributed by atoms with E-state index in [4.69, 9.17) is 16.3 Å². The van der Waals surface area contributed by atoms with Crippen molar-refractivity contribution in [3.8, 4) is 5.75 Å². The average Bonchev–Trinajstić information content (AvgIpc) is 3.18. The quantitative estimate of drug-likeness (QED) is 0.367. The monoisotopic (exact) mass is 398 g/mol. The number of rotatable bonds is 5. The number of nitrogens with zero attached hydrogens (tertiary/aromatic N) is 1. The molecule has 4 atom stereocenters. The van der Waals surface area contributed by atoms with Crippen molar-refractivity contribution in [1.82, 2.24) is 0 Å². The highest BCUT2D eigenvalue weighted by Gasteiger charge is 2.38.